The van der Waals surface area contributed by atoms with E-state index < -0.39 is 12.0 Å². The van der Waals surface area contributed by atoms with Gasteiger partial charge in [-0.3, -0.25) is 9.59 Å². The van der Waals surface area contributed by atoms with Crippen molar-refractivity contribution in [2.45, 2.75) is 25.8 Å². The minimum atomic E-state index is -0.851. The van der Waals surface area contributed by atoms with Gasteiger partial charge in [-0.25, -0.2) is 0 Å². The first kappa shape index (κ1) is 11.0. The fraction of sp³-hybridized carbons (Fsp3) is 0.778. The summed E-state index contributed by atoms with van der Waals surface area (Å²) >= 11 is 0. The SMILES string of the molecule is CCOC(=O)CC1CNC(C(=O)O)C1. The van der Waals surface area contributed by atoms with Gasteiger partial charge in [0.25, 0.3) is 0 Å². The third-order valence-corrected chi connectivity index (χ3v) is 2.28. The second-order valence-electron chi connectivity index (χ2n) is 3.41. The predicted molar refractivity (Wildman–Crippen MR) is 48.8 cm³/mol. The molecule has 0 spiro atoms. The molecule has 1 rings (SSSR count). The Kier molecular flexibility index (Phi) is 3.88. The van der Waals surface area contributed by atoms with Crippen LogP contribution in [0.1, 0.15) is 19.8 Å². The van der Waals surface area contributed by atoms with Gasteiger partial charge in [-0.2, -0.15) is 0 Å². The number of carbonyl (C=O) groups is 2. The maximum Gasteiger partial charge on any atom is 0.320 e. The Morgan fingerprint density at radius 2 is 2.29 bits per heavy atom. The van der Waals surface area contributed by atoms with E-state index in [1.54, 1.807) is 6.92 Å². The molecule has 0 aromatic rings. The molecule has 2 unspecified atom stereocenters. The fourth-order valence-electron chi connectivity index (χ4n) is 1.61. The largest absolute Gasteiger partial charge is 0.480 e. The van der Waals surface area contributed by atoms with Gasteiger partial charge in [0.05, 0.1) is 6.61 Å². The quantitative estimate of drug-likeness (QED) is 0.626. The van der Waals surface area contributed by atoms with Gasteiger partial charge in [-0.15, -0.1) is 0 Å². The molecule has 14 heavy (non-hydrogen) atoms. The van der Waals surface area contributed by atoms with E-state index in [-0.39, 0.29) is 11.9 Å². The highest BCUT2D eigenvalue weighted by Gasteiger charge is 2.30. The average molecular weight is 201 g/mol. The van der Waals surface area contributed by atoms with Crippen molar-refractivity contribution in [3.05, 3.63) is 0 Å². The molecule has 1 heterocycles. The predicted octanol–water partition coefficient (Wildman–Crippen LogP) is 0.00230. The first-order valence-corrected chi connectivity index (χ1v) is 4.75. The van der Waals surface area contributed by atoms with Crippen LogP contribution in [0.3, 0.4) is 0 Å². The van der Waals surface area contributed by atoms with E-state index in [9.17, 15) is 9.59 Å². The van der Waals surface area contributed by atoms with Crippen LogP contribution in [0, 0.1) is 5.92 Å². The summed E-state index contributed by atoms with van der Waals surface area (Å²) in [6.07, 6.45) is 0.818. The lowest BCUT2D eigenvalue weighted by Gasteiger charge is -2.06. The Labute approximate surface area is 82.4 Å². The second kappa shape index (κ2) is 4.95. The summed E-state index contributed by atoms with van der Waals surface area (Å²) in [5.74, 6) is -1.00. The maximum absolute atomic E-state index is 11.1. The van der Waals surface area contributed by atoms with Crippen LogP contribution in [-0.2, 0) is 14.3 Å². The highest BCUT2D eigenvalue weighted by Crippen LogP contribution is 2.18. The van der Waals surface area contributed by atoms with Crippen molar-refractivity contribution in [2.75, 3.05) is 13.2 Å². The van der Waals surface area contributed by atoms with Crippen molar-refractivity contribution in [1.82, 2.24) is 5.32 Å². The molecule has 2 N–H and O–H groups in total. The van der Waals surface area contributed by atoms with Gasteiger partial charge in [-0.05, 0) is 25.8 Å². The highest BCUT2D eigenvalue weighted by molar-refractivity contribution is 5.74. The van der Waals surface area contributed by atoms with Crippen molar-refractivity contribution in [3.63, 3.8) is 0 Å². The zero-order valence-electron chi connectivity index (χ0n) is 8.16. The Morgan fingerprint density at radius 3 is 2.79 bits per heavy atom. The normalized spacial score (nSPS) is 26.1. The van der Waals surface area contributed by atoms with Gasteiger partial charge in [0.2, 0.25) is 0 Å². The van der Waals surface area contributed by atoms with Gasteiger partial charge in [0.1, 0.15) is 6.04 Å². The van der Waals surface area contributed by atoms with Crippen molar-refractivity contribution < 1.29 is 19.4 Å². The van der Waals surface area contributed by atoms with Crippen LogP contribution in [0.15, 0.2) is 0 Å². The van der Waals surface area contributed by atoms with Crippen molar-refractivity contribution >= 4 is 11.9 Å². The molecule has 5 heteroatoms. The number of rotatable bonds is 4. The van der Waals surface area contributed by atoms with Crippen LogP contribution in [-0.4, -0.2) is 36.2 Å². The number of aliphatic carboxylic acids is 1. The zero-order chi connectivity index (χ0) is 10.6. The average Bonchev–Trinajstić information content (AvgIpc) is 2.53. The lowest BCUT2D eigenvalue weighted by molar-refractivity contribution is -0.144. The number of ether oxygens (including phenoxy) is 1. The Balaban J connectivity index is 2.28. The number of carboxylic acid groups (broad SMARTS) is 1. The molecule has 80 valence electrons. The van der Waals surface area contributed by atoms with E-state index in [4.69, 9.17) is 9.84 Å². The topological polar surface area (TPSA) is 75.6 Å². The van der Waals surface area contributed by atoms with E-state index in [1.807, 2.05) is 0 Å². The molecule has 0 aromatic carbocycles. The molecule has 1 fully saturated rings. The number of carbonyl (C=O) groups excluding carboxylic acids is 1. The molecular weight excluding hydrogens is 186 g/mol. The number of hydrogen-bond acceptors (Lipinski definition) is 4. The molecular formula is C9H15NO4. The van der Waals surface area contributed by atoms with Crippen LogP contribution in [0.2, 0.25) is 0 Å². The van der Waals surface area contributed by atoms with Crippen LogP contribution in [0.5, 0.6) is 0 Å². The smallest absolute Gasteiger partial charge is 0.320 e. The minimum absolute atomic E-state index is 0.0927. The third-order valence-electron chi connectivity index (χ3n) is 2.28. The number of esters is 1. The molecule has 0 radical (unpaired) electrons. The van der Waals surface area contributed by atoms with E-state index in [0.29, 0.717) is 26.0 Å². The molecule has 1 aliphatic rings. The van der Waals surface area contributed by atoms with Crippen LogP contribution in [0.4, 0.5) is 0 Å². The van der Waals surface area contributed by atoms with E-state index in [1.165, 1.54) is 0 Å². The highest BCUT2D eigenvalue weighted by atomic mass is 16.5. The second-order valence-corrected chi connectivity index (χ2v) is 3.41. The van der Waals surface area contributed by atoms with Gasteiger partial charge in [-0.1, -0.05) is 0 Å². The van der Waals surface area contributed by atoms with Gasteiger partial charge < -0.3 is 15.2 Å². The molecule has 0 aromatic heterocycles. The van der Waals surface area contributed by atoms with Gasteiger partial charge >= 0.3 is 11.9 Å². The summed E-state index contributed by atoms with van der Waals surface area (Å²) in [7, 11) is 0. The Morgan fingerprint density at radius 1 is 1.57 bits per heavy atom. The van der Waals surface area contributed by atoms with Gasteiger partial charge in [0, 0.05) is 6.42 Å². The molecule has 2 atom stereocenters. The number of nitrogens with one attached hydrogen (secondary N) is 1. The van der Waals surface area contributed by atoms with Crippen molar-refractivity contribution in [1.29, 1.82) is 0 Å². The lowest BCUT2D eigenvalue weighted by atomic mass is 10.0. The monoisotopic (exact) mass is 201 g/mol. The summed E-state index contributed by atoms with van der Waals surface area (Å²) in [6.45, 7) is 2.71. The van der Waals surface area contributed by atoms with Crippen molar-refractivity contribution in [3.8, 4) is 0 Å². The summed E-state index contributed by atoms with van der Waals surface area (Å²) in [4.78, 5) is 21.7. The molecule has 5 nitrogen and oxygen atoms in total. The molecule has 0 bridgehead atoms. The summed E-state index contributed by atoms with van der Waals surface area (Å²) in [6, 6.07) is -0.505. The molecule has 1 saturated heterocycles. The molecule has 0 amide bonds. The first-order valence-electron chi connectivity index (χ1n) is 4.75. The summed E-state index contributed by atoms with van der Waals surface area (Å²) in [5, 5.41) is 11.5. The Hall–Kier alpha value is -1.10. The number of hydrogen-bond donors (Lipinski definition) is 2. The minimum Gasteiger partial charge on any atom is -0.480 e. The van der Waals surface area contributed by atoms with Crippen LogP contribution < -0.4 is 5.32 Å². The molecule has 0 saturated carbocycles. The standard InChI is InChI=1S/C9H15NO4/c1-2-14-8(11)4-6-3-7(9(12)13)10-5-6/h6-7,10H,2-5H2,1H3,(H,12,13). The van der Waals surface area contributed by atoms with E-state index in [2.05, 4.69) is 5.32 Å². The number of carboxylic acids is 1. The van der Waals surface area contributed by atoms with Crippen LogP contribution in [0.25, 0.3) is 0 Å². The molecule has 1 aliphatic heterocycles. The zero-order valence-corrected chi connectivity index (χ0v) is 8.16. The Bertz CT molecular complexity index is 229. The summed E-state index contributed by atoms with van der Waals surface area (Å²) in [5.41, 5.74) is 0. The van der Waals surface area contributed by atoms with Crippen molar-refractivity contribution in [2.24, 2.45) is 5.92 Å². The van der Waals surface area contributed by atoms with Crippen LogP contribution >= 0.6 is 0 Å². The maximum atomic E-state index is 11.1. The summed E-state index contributed by atoms with van der Waals surface area (Å²) < 4.78 is 4.79. The first-order chi connectivity index (χ1) is 6.63. The van der Waals surface area contributed by atoms with Gasteiger partial charge in [0.15, 0.2) is 0 Å². The van der Waals surface area contributed by atoms with E-state index >= 15 is 0 Å². The third kappa shape index (κ3) is 2.99. The van der Waals surface area contributed by atoms with E-state index in [0.717, 1.165) is 0 Å². The fourth-order valence-corrected chi connectivity index (χ4v) is 1.61. The molecule has 0 aliphatic carbocycles. The lowest BCUT2D eigenvalue weighted by Crippen LogP contribution is -2.29.